The first-order chi connectivity index (χ1) is 13.6. The molecule has 0 spiro atoms. The molecule has 2 heterocycles. The Morgan fingerprint density at radius 1 is 1.04 bits per heavy atom. The lowest BCUT2D eigenvalue weighted by molar-refractivity contribution is -0.141. The van der Waals surface area contributed by atoms with Crippen LogP contribution in [0.25, 0.3) is 16.4 Å². The number of aryl methyl sites for hydroxylation is 1. The minimum atomic E-state index is -0.343. The van der Waals surface area contributed by atoms with Crippen molar-refractivity contribution < 1.29 is 9.53 Å². The highest BCUT2D eigenvalue weighted by Gasteiger charge is 2.09. The Morgan fingerprint density at radius 3 is 2.71 bits per heavy atom. The highest BCUT2D eigenvalue weighted by atomic mass is 32.2. The molecule has 0 bridgehead atoms. The summed E-state index contributed by atoms with van der Waals surface area (Å²) in [6, 6.07) is 21.0. The van der Waals surface area contributed by atoms with Crippen molar-refractivity contribution in [3.8, 4) is 0 Å². The smallest absolute Gasteiger partial charge is 0.316 e. The molecule has 2 aromatic carbocycles. The van der Waals surface area contributed by atoms with Crippen LogP contribution in [-0.2, 0) is 16.1 Å². The summed E-state index contributed by atoms with van der Waals surface area (Å²) in [4.78, 5) is 29.8. The molecule has 0 saturated heterocycles. The maximum atomic E-state index is 12.3. The van der Waals surface area contributed by atoms with Gasteiger partial charge in [0.2, 0.25) is 0 Å². The highest BCUT2D eigenvalue weighted by molar-refractivity contribution is 8.00. The molecule has 0 aliphatic rings. The molecule has 2 aromatic heterocycles. The van der Waals surface area contributed by atoms with E-state index in [0.717, 1.165) is 16.0 Å². The van der Waals surface area contributed by atoms with E-state index < -0.39 is 0 Å². The Morgan fingerprint density at radius 2 is 1.86 bits per heavy atom. The van der Waals surface area contributed by atoms with Crippen molar-refractivity contribution in [3.05, 3.63) is 88.5 Å². The quantitative estimate of drug-likeness (QED) is 0.381. The molecule has 0 radical (unpaired) electrons. The lowest BCUT2D eigenvalue weighted by atomic mass is 10.1. The molecule has 6 heteroatoms. The van der Waals surface area contributed by atoms with Crippen LogP contribution in [-0.4, -0.2) is 21.1 Å². The number of nitrogens with zero attached hydrogens (tertiary/aromatic N) is 2. The van der Waals surface area contributed by atoms with Gasteiger partial charge in [-0.1, -0.05) is 36.4 Å². The van der Waals surface area contributed by atoms with Crippen molar-refractivity contribution in [2.24, 2.45) is 0 Å². The average molecular weight is 390 g/mol. The number of hydrogen-bond acceptors (Lipinski definition) is 5. The van der Waals surface area contributed by atoms with Crippen molar-refractivity contribution in [1.29, 1.82) is 0 Å². The molecule has 4 aromatic rings. The van der Waals surface area contributed by atoms with Crippen molar-refractivity contribution in [2.45, 2.75) is 18.4 Å². The molecular weight excluding hydrogens is 372 g/mol. The van der Waals surface area contributed by atoms with Crippen LogP contribution in [0.5, 0.6) is 0 Å². The fraction of sp³-hybridized carbons (Fsp3) is 0.136. The van der Waals surface area contributed by atoms with Crippen LogP contribution in [0.2, 0.25) is 0 Å². The van der Waals surface area contributed by atoms with Crippen LogP contribution in [0.1, 0.15) is 11.4 Å². The second kappa shape index (κ2) is 7.86. The van der Waals surface area contributed by atoms with Crippen LogP contribution >= 0.6 is 11.8 Å². The van der Waals surface area contributed by atoms with E-state index in [1.54, 1.807) is 6.07 Å². The van der Waals surface area contributed by atoms with E-state index >= 15 is 0 Å². The Labute approximate surface area is 166 Å². The van der Waals surface area contributed by atoms with Gasteiger partial charge >= 0.3 is 5.97 Å². The van der Waals surface area contributed by atoms with Crippen molar-refractivity contribution in [3.63, 3.8) is 0 Å². The molecule has 0 amide bonds. The Hall–Kier alpha value is -3.12. The fourth-order valence-electron chi connectivity index (χ4n) is 3.03. The van der Waals surface area contributed by atoms with Crippen molar-refractivity contribution in [1.82, 2.24) is 9.38 Å². The zero-order valence-electron chi connectivity index (χ0n) is 15.3. The van der Waals surface area contributed by atoms with Gasteiger partial charge in [0, 0.05) is 16.7 Å². The standard InChI is InChI=1S/C22H18N2O3S/c1-15-5-4-8-20-23-18(12-21(25)24(15)20)13-27-22(26)14-28-19-10-9-16-6-2-3-7-17(16)11-19/h2-12H,13-14H2,1H3. The summed E-state index contributed by atoms with van der Waals surface area (Å²) < 4.78 is 6.83. The van der Waals surface area contributed by atoms with Gasteiger partial charge in [-0.25, -0.2) is 4.98 Å². The summed E-state index contributed by atoms with van der Waals surface area (Å²) in [5.74, 6) is -0.145. The predicted octanol–water partition coefficient (Wildman–Crippen LogP) is 3.99. The van der Waals surface area contributed by atoms with Gasteiger partial charge in [0.25, 0.3) is 5.56 Å². The first-order valence-electron chi connectivity index (χ1n) is 8.86. The SMILES string of the molecule is Cc1cccc2nc(COC(=O)CSc3ccc4ccccc4c3)cc(=O)n12. The second-order valence-corrected chi connectivity index (χ2v) is 7.45. The number of ether oxygens (including phenoxy) is 1. The average Bonchev–Trinajstić information content (AvgIpc) is 2.70. The summed E-state index contributed by atoms with van der Waals surface area (Å²) in [7, 11) is 0. The predicted molar refractivity (Wildman–Crippen MR) is 111 cm³/mol. The third-order valence-corrected chi connectivity index (χ3v) is 5.36. The number of aromatic nitrogens is 2. The number of hydrogen-bond donors (Lipinski definition) is 0. The van der Waals surface area contributed by atoms with Crippen LogP contribution in [0.15, 0.2) is 76.4 Å². The van der Waals surface area contributed by atoms with E-state index in [4.69, 9.17) is 4.74 Å². The van der Waals surface area contributed by atoms with Crippen molar-refractivity contribution >= 4 is 34.2 Å². The molecule has 0 unspecified atom stereocenters. The van der Waals surface area contributed by atoms with E-state index in [2.05, 4.69) is 17.1 Å². The largest absolute Gasteiger partial charge is 0.459 e. The van der Waals surface area contributed by atoms with Crippen LogP contribution in [0.3, 0.4) is 0 Å². The van der Waals surface area contributed by atoms with E-state index in [9.17, 15) is 9.59 Å². The normalized spacial score (nSPS) is 11.0. The molecule has 0 aliphatic carbocycles. The number of fused-ring (bicyclic) bond motifs is 2. The van der Waals surface area contributed by atoms with E-state index in [-0.39, 0.29) is 23.9 Å². The molecule has 0 atom stereocenters. The third-order valence-electron chi connectivity index (χ3n) is 4.39. The van der Waals surface area contributed by atoms with E-state index in [1.165, 1.54) is 27.6 Å². The second-order valence-electron chi connectivity index (χ2n) is 6.40. The zero-order valence-corrected chi connectivity index (χ0v) is 16.1. The Kier molecular flexibility index (Phi) is 5.12. The number of benzene rings is 2. The summed E-state index contributed by atoms with van der Waals surface area (Å²) in [6.07, 6.45) is 0. The molecule has 0 fully saturated rings. The molecule has 140 valence electrons. The molecular formula is C22H18N2O3S. The first kappa shape index (κ1) is 18.3. The molecule has 4 rings (SSSR count). The van der Waals surface area contributed by atoms with Gasteiger partial charge in [-0.05, 0) is 42.0 Å². The minimum Gasteiger partial charge on any atom is -0.459 e. The summed E-state index contributed by atoms with van der Waals surface area (Å²) in [5, 5.41) is 2.30. The number of esters is 1. The molecule has 5 nitrogen and oxygen atoms in total. The van der Waals surface area contributed by atoms with Crippen molar-refractivity contribution in [2.75, 3.05) is 5.75 Å². The lowest BCUT2D eigenvalue weighted by Crippen LogP contribution is -2.18. The van der Waals surface area contributed by atoms with Gasteiger partial charge in [0.1, 0.15) is 12.3 Å². The van der Waals surface area contributed by atoms with Crippen LogP contribution in [0, 0.1) is 6.92 Å². The summed E-state index contributed by atoms with van der Waals surface area (Å²) in [6.45, 7) is 1.83. The lowest BCUT2D eigenvalue weighted by Gasteiger charge is -2.08. The van der Waals surface area contributed by atoms with Gasteiger partial charge in [-0.3, -0.25) is 14.0 Å². The van der Waals surface area contributed by atoms with Gasteiger partial charge in [0.15, 0.2) is 0 Å². The van der Waals surface area contributed by atoms with Crippen LogP contribution in [0.4, 0.5) is 0 Å². The van der Waals surface area contributed by atoms with Gasteiger partial charge < -0.3 is 4.74 Å². The Bertz CT molecular complexity index is 1230. The van der Waals surface area contributed by atoms with E-state index in [1.807, 2.05) is 49.4 Å². The molecule has 0 saturated carbocycles. The maximum absolute atomic E-state index is 12.3. The highest BCUT2D eigenvalue weighted by Crippen LogP contribution is 2.23. The van der Waals surface area contributed by atoms with Gasteiger partial charge in [-0.2, -0.15) is 0 Å². The van der Waals surface area contributed by atoms with Gasteiger partial charge in [0.05, 0.1) is 11.4 Å². The number of rotatable bonds is 5. The zero-order chi connectivity index (χ0) is 19.5. The molecule has 0 aliphatic heterocycles. The first-order valence-corrected chi connectivity index (χ1v) is 9.84. The summed E-state index contributed by atoms with van der Waals surface area (Å²) in [5.41, 5.74) is 1.62. The van der Waals surface area contributed by atoms with Crippen LogP contribution < -0.4 is 5.56 Å². The minimum absolute atomic E-state index is 0.0171. The number of thioether (sulfide) groups is 1. The fourth-order valence-corrected chi connectivity index (χ4v) is 3.78. The topological polar surface area (TPSA) is 60.7 Å². The van der Waals surface area contributed by atoms with Gasteiger partial charge in [-0.15, -0.1) is 11.8 Å². The maximum Gasteiger partial charge on any atom is 0.316 e. The Balaban J connectivity index is 1.39. The third kappa shape index (κ3) is 3.92. The number of carbonyl (C=O) groups excluding carboxylic acids is 1. The monoisotopic (exact) mass is 390 g/mol. The summed E-state index contributed by atoms with van der Waals surface area (Å²) >= 11 is 1.43. The molecule has 0 N–H and O–H groups in total. The number of carbonyl (C=O) groups is 1. The van der Waals surface area contributed by atoms with E-state index in [0.29, 0.717) is 11.3 Å². The number of pyridine rings is 1. The molecule has 28 heavy (non-hydrogen) atoms.